The van der Waals surface area contributed by atoms with Crippen molar-refractivity contribution in [2.24, 2.45) is 0 Å². The zero-order valence-electron chi connectivity index (χ0n) is 14.4. The highest BCUT2D eigenvalue weighted by atomic mass is 16.6. The van der Waals surface area contributed by atoms with Gasteiger partial charge < -0.3 is 19.7 Å². The number of piperidine rings is 1. The highest BCUT2D eigenvalue weighted by Gasteiger charge is 2.27. The molecule has 2 aliphatic heterocycles. The van der Waals surface area contributed by atoms with Gasteiger partial charge in [-0.3, -0.25) is 9.69 Å². The number of carbonyl (C=O) groups is 2. The molecule has 0 bridgehead atoms. The minimum atomic E-state index is -0.256. The predicted molar refractivity (Wildman–Crippen MR) is 86.2 cm³/mol. The van der Waals surface area contributed by atoms with E-state index in [0.29, 0.717) is 26.2 Å². The van der Waals surface area contributed by atoms with Crippen LogP contribution in [0.4, 0.5) is 4.79 Å². The first-order valence-corrected chi connectivity index (χ1v) is 8.56. The minimum absolute atomic E-state index is 0.0564. The van der Waals surface area contributed by atoms with Crippen LogP contribution >= 0.6 is 0 Å². The van der Waals surface area contributed by atoms with E-state index < -0.39 is 0 Å². The maximum absolute atomic E-state index is 12.2. The summed E-state index contributed by atoms with van der Waals surface area (Å²) in [5, 5.41) is 3.09. The molecule has 0 aromatic rings. The Bertz CT molecular complexity index is 400. The summed E-state index contributed by atoms with van der Waals surface area (Å²) >= 11 is 0. The molecule has 0 aromatic heterocycles. The Balaban J connectivity index is 1.69. The first kappa shape index (κ1) is 18.0. The molecule has 0 aromatic carbocycles. The average molecular weight is 327 g/mol. The number of nitrogens with zero attached hydrogens (tertiary/aromatic N) is 2. The van der Waals surface area contributed by atoms with Crippen molar-refractivity contribution in [3.63, 3.8) is 0 Å². The van der Waals surface area contributed by atoms with Crippen LogP contribution in [0.2, 0.25) is 0 Å². The van der Waals surface area contributed by atoms with Crippen molar-refractivity contribution in [2.45, 2.75) is 51.9 Å². The lowest BCUT2D eigenvalue weighted by Gasteiger charge is -2.35. The fourth-order valence-corrected chi connectivity index (χ4v) is 3.31. The molecular weight excluding hydrogens is 298 g/mol. The van der Waals surface area contributed by atoms with E-state index in [0.717, 1.165) is 25.9 Å². The molecule has 2 heterocycles. The fraction of sp³-hybridized carbons (Fsp3) is 0.875. The first-order valence-electron chi connectivity index (χ1n) is 8.56. The van der Waals surface area contributed by atoms with Crippen LogP contribution in [0.15, 0.2) is 0 Å². The number of morpholine rings is 1. The lowest BCUT2D eigenvalue weighted by molar-refractivity contribution is -0.126. The number of hydrogen-bond acceptors (Lipinski definition) is 5. The largest absolute Gasteiger partial charge is 0.450 e. The van der Waals surface area contributed by atoms with Crippen LogP contribution < -0.4 is 5.32 Å². The maximum Gasteiger partial charge on any atom is 0.409 e. The van der Waals surface area contributed by atoms with Crippen LogP contribution in [0.5, 0.6) is 0 Å². The van der Waals surface area contributed by atoms with Crippen molar-refractivity contribution >= 4 is 12.0 Å². The average Bonchev–Trinajstić information content (AvgIpc) is 2.47. The third-order valence-corrected chi connectivity index (χ3v) is 4.25. The Morgan fingerprint density at radius 3 is 2.35 bits per heavy atom. The summed E-state index contributed by atoms with van der Waals surface area (Å²) in [4.78, 5) is 27.7. The number of hydrogen-bond donors (Lipinski definition) is 1. The summed E-state index contributed by atoms with van der Waals surface area (Å²) in [5.41, 5.74) is 0. The molecule has 0 radical (unpaired) electrons. The zero-order valence-corrected chi connectivity index (χ0v) is 14.4. The van der Waals surface area contributed by atoms with Gasteiger partial charge >= 0.3 is 6.09 Å². The van der Waals surface area contributed by atoms with Crippen LogP contribution in [-0.4, -0.2) is 79.4 Å². The van der Waals surface area contributed by atoms with E-state index in [2.05, 4.69) is 10.2 Å². The van der Waals surface area contributed by atoms with Gasteiger partial charge in [0.1, 0.15) is 0 Å². The van der Waals surface area contributed by atoms with E-state index in [9.17, 15) is 9.59 Å². The summed E-state index contributed by atoms with van der Waals surface area (Å²) < 4.78 is 10.7. The minimum Gasteiger partial charge on any atom is -0.450 e. The van der Waals surface area contributed by atoms with Crippen molar-refractivity contribution in [3.05, 3.63) is 0 Å². The van der Waals surface area contributed by atoms with E-state index in [-0.39, 0.29) is 30.3 Å². The third kappa shape index (κ3) is 5.66. The molecule has 0 spiro atoms. The van der Waals surface area contributed by atoms with Gasteiger partial charge in [-0.2, -0.15) is 0 Å². The van der Waals surface area contributed by atoms with Gasteiger partial charge in [0.2, 0.25) is 5.91 Å². The van der Waals surface area contributed by atoms with Crippen molar-refractivity contribution in [2.75, 3.05) is 39.3 Å². The van der Waals surface area contributed by atoms with Gasteiger partial charge in [0, 0.05) is 32.2 Å². The molecule has 2 aliphatic rings. The lowest BCUT2D eigenvalue weighted by atomic mass is 10.1. The molecule has 0 saturated carbocycles. The van der Waals surface area contributed by atoms with Crippen molar-refractivity contribution in [1.29, 1.82) is 0 Å². The second-order valence-electron chi connectivity index (χ2n) is 6.48. The molecule has 23 heavy (non-hydrogen) atoms. The van der Waals surface area contributed by atoms with Crippen LogP contribution in [-0.2, 0) is 14.3 Å². The van der Waals surface area contributed by atoms with Crippen LogP contribution in [0.3, 0.4) is 0 Å². The molecule has 1 N–H and O–H groups in total. The quantitative estimate of drug-likeness (QED) is 0.828. The molecule has 2 atom stereocenters. The summed E-state index contributed by atoms with van der Waals surface area (Å²) in [6, 6.07) is 0.143. The number of rotatable bonds is 4. The van der Waals surface area contributed by atoms with Gasteiger partial charge in [-0.1, -0.05) is 0 Å². The Labute approximate surface area is 138 Å². The maximum atomic E-state index is 12.2. The Hall–Kier alpha value is -1.34. The molecular formula is C16H29N3O4. The number of likely N-dealkylation sites (tertiary alicyclic amines) is 1. The van der Waals surface area contributed by atoms with E-state index in [4.69, 9.17) is 9.47 Å². The number of nitrogens with one attached hydrogen (secondary N) is 1. The SMILES string of the molecule is CCOC(=O)N1CCC(NC(=O)CN2C[C@@H](C)O[C@@H](C)C2)CC1. The van der Waals surface area contributed by atoms with Gasteiger partial charge in [0.25, 0.3) is 0 Å². The van der Waals surface area contributed by atoms with Gasteiger partial charge in [-0.15, -0.1) is 0 Å². The van der Waals surface area contributed by atoms with E-state index in [1.807, 2.05) is 13.8 Å². The van der Waals surface area contributed by atoms with Gasteiger partial charge in [0.15, 0.2) is 0 Å². The number of amides is 2. The zero-order chi connectivity index (χ0) is 16.8. The standard InChI is InChI=1S/C16H29N3O4/c1-4-22-16(21)19-7-5-14(6-8-19)17-15(20)11-18-9-12(2)23-13(3)10-18/h12-14H,4-11H2,1-3H3,(H,17,20)/t12-,13+. The van der Waals surface area contributed by atoms with Gasteiger partial charge in [-0.05, 0) is 33.6 Å². The second-order valence-corrected chi connectivity index (χ2v) is 6.48. The fourth-order valence-electron chi connectivity index (χ4n) is 3.31. The van der Waals surface area contributed by atoms with Gasteiger partial charge in [-0.25, -0.2) is 4.79 Å². The Kier molecular flexibility index (Phi) is 6.65. The normalized spacial score (nSPS) is 26.8. The molecule has 2 amide bonds. The van der Waals surface area contributed by atoms with E-state index in [1.165, 1.54) is 0 Å². The second kappa shape index (κ2) is 8.49. The lowest BCUT2D eigenvalue weighted by Crippen LogP contribution is -2.52. The number of ether oxygens (including phenoxy) is 2. The molecule has 2 rings (SSSR count). The highest BCUT2D eigenvalue weighted by molar-refractivity contribution is 5.78. The van der Waals surface area contributed by atoms with E-state index in [1.54, 1.807) is 11.8 Å². The summed E-state index contributed by atoms with van der Waals surface area (Å²) in [6.07, 6.45) is 1.63. The van der Waals surface area contributed by atoms with Crippen LogP contribution in [0.1, 0.15) is 33.6 Å². The molecule has 0 aliphatic carbocycles. The molecule has 7 heteroatoms. The monoisotopic (exact) mass is 327 g/mol. The van der Waals surface area contributed by atoms with Crippen molar-refractivity contribution in [3.8, 4) is 0 Å². The predicted octanol–water partition coefficient (Wildman–Crippen LogP) is 0.833. The molecule has 2 fully saturated rings. The van der Waals surface area contributed by atoms with E-state index >= 15 is 0 Å². The smallest absolute Gasteiger partial charge is 0.409 e. The highest BCUT2D eigenvalue weighted by Crippen LogP contribution is 2.13. The first-order chi connectivity index (χ1) is 11.0. The molecule has 2 saturated heterocycles. The molecule has 0 unspecified atom stereocenters. The van der Waals surface area contributed by atoms with Crippen LogP contribution in [0, 0.1) is 0 Å². The molecule has 7 nitrogen and oxygen atoms in total. The Morgan fingerprint density at radius 2 is 1.78 bits per heavy atom. The molecule has 132 valence electrons. The summed E-state index contributed by atoms with van der Waals surface area (Å²) in [5.74, 6) is 0.0564. The Morgan fingerprint density at radius 1 is 1.17 bits per heavy atom. The topological polar surface area (TPSA) is 71.1 Å². The third-order valence-electron chi connectivity index (χ3n) is 4.25. The summed E-state index contributed by atoms with van der Waals surface area (Å²) in [6.45, 7) is 9.53. The van der Waals surface area contributed by atoms with Gasteiger partial charge in [0.05, 0.1) is 25.4 Å². The van der Waals surface area contributed by atoms with Crippen LogP contribution in [0.25, 0.3) is 0 Å². The number of carbonyl (C=O) groups excluding carboxylic acids is 2. The van der Waals surface area contributed by atoms with Crippen molar-refractivity contribution in [1.82, 2.24) is 15.1 Å². The summed E-state index contributed by atoms with van der Waals surface area (Å²) in [7, 11) is 0. The van der Waals surface area contributed by atoms with Crippen molar-refractivity contribution < 1.29 is 19.1 Å².